The van der Waals surface area contributed by atoms with Gasteiger partial charge in [-0.25, -0.2) is 0 Å². The van der Waals surface area contributed by atoms with E-state index in [9.17, 15) is 4.79 Å². The number of nitrogens with zero attached hydrogens (tertiary/aromatic N) is 1. The highest BCUT2D eigenvalue weighted by molar-refractivity contribution is 5.79. The topological polar surface area (TPSA) is 48.0 Å². The predicted octanol–water partition coefficient (Wildman–Crippen LogP) is 4.06. The summed E-state index contributed by atoms with van der Waals surface area (Å²) in [4.78, 5) is 14.8. The molecule has 3 rings (SSSR count). The molecule has 1 fully saturated rings. The molecular formula is C22H27NO4. The number of aryl methyl sites for hydroxylation is 2. The van der Waals surface area contributed by atoms with Crippen LogP contribution in [-0.2, 0) is 4.79 Å². The van der Waals surface area contributed by atoms with Crippen molar-refractivity contribution in [3.8, 4) is 17.2 Å². The Bertz CT molecular complexity index is 818. The van der Waals surface area contributed by atoms with Crippen molar-refractivity contribution in [2.24, 2.45) is 0 Å². The molecule has 1 aliphatic heterocycles. The molecule has 0 N–H and O–H groups in total. The van der Waals surface area contributed by atoms with Gasteiger partial charge in [0.2, 0.25) is 0 Å². The van der Waals surface area contributed by atoms with E-state index in [0.29, 0.717) is 0 Å². The fraction of sp³-hybridized carbons (Fsp3) is 0.409. The summed E-state index contributed by atoms with van der Waals surface area (Å²) in [7, 11) is 3.29. The van der Waals surface area contributed by atoms with E-state index in [0.717, 1.165) is 47.8 Å². The fourth-order valence-electron chi connectivity index (χ4n) is 3.67. The predicted molar refractivity (Wildman–Crippen MR) is 105 cm³/mol. The second kappa shape index (κ2) is 8.33. The minimum atomic E-state index is -0.0229. The number of carbonyl (C=O) groups is 1. The Morgan fingerprint density at radius 1 is 1.07 bits per heavy atom. The maximum atomic E-state index is 12.9. The van der Waals surface area contributed by atoms with Gasteiger partial charge in [0.05, 0.1) is 20.3 Å². The number of methoxy groups -OCH3 is 2. The molecule has 1 aliphatic rings. The molecule has 0 aromatic heterocycles. The van der Waals surface area contributed by atoms with E-state index < -0.39 is 0 Å². The van der Waals surface area contributed by atoms with Crippen molar-refractivity contribution in [2.75, 3.05) is 27.4 Å². The number of rotatable bonds is 6. The average Bonchev–Trinajstić information content (AvgIpc) is 3.16. The first kappa shape index (κ1) is 19.1. The normalized spacial score (nSPS) is 16.3. The molecule has 2 aromatic carbocycles. The highest BCUT2D eigenvalue weighted by Crippen LogP contribution is 2.39. The van der Waals surface area contributed by atoms with Gasteiger partial charge >= 0.3 is 0 Å². The summed E-state index contributed by atoms with van der Waals surface area (Å²) < 4.78 is 16.7. The maximum Gasteiger partial charge on any atom is 0.261 e. The van der Waals surface area contributed by atoms with Gasteiger partial charge in [0.15, 0.2) is 6.61 Å². The summed E-state index contributed by atoms with van der Waals surface area (Å²) in [5.41, 5.74) is 3.19. The molecule has 1 unspecified atom stereocenters. The molecule has 5 nitrogen and oxygen atoms in total. The van der Waals surface area contributed by atoms with Gasteiger partial charge in [0.25, 0.3) is 5.91 Å². The lowest BCUT2D eigenvalue weighted by Gasteiger charge is -2.27. The van der Waals surface area contributed by atoms with E-state index in [1.54, 1.807) is 14.2 Å². The molecule has 0 saturated carbocycles. The SMILES string of the molecule is COc1ccc(OC)c(C2CCCN2C(=O)COc2ccc(C)cc2C)c1. The van der Waals surface area contributed by atoms with E-state index in [-0.39, 0.29) is 18.6 Å². The Hall–Kier alpha value is -2.69. The van der Waals surface area contributed by atoms with Gasteiger partial charge in [-0.3, -0.25) is 4.79 Å². The fourth-order valence-corrected chi connectivity index (χ4v) is 3.67. The van der Waals surface area contributed by atoms with E-state index in [4.69, 9.17) is 14.2 Å². The maximum absolute atomic E-state index is 12.9. The summed E-state index contributed by atoms with van der Waals surface area (Å²) in [5.74, 6) is 2.28. The van der Waals surface area contributed by atoms with Gasteiger partial charge in [-0.15, -0.1) is 0 Å². The Labute approximate surface area is 160 Å². The second-order valence-corrected chi connectivity index (χ2v) is 6.91. The van der Waals surface area contributed by atoms with Crippen LogP contribution in [0.25, 0.3) is 0 Å². The molecule has 144 valence electrons. The van der Waals surface area contributed by atoms with Crippen LogP contribution in [-0.4, -0.2) is 38.2 Å². The lowest BCUT2D eigenvalue weighted by molar-refractivity contribution is -0.134. The highest BCUT2D eigenvalue weighted by Gasteiger charge is 2.32. The third-order valence-electron chi connectivity index (χ3n) is 5.05. The number of hydrogen-bond acceptors (Lipinski definition) is 4. The van der Waals surface area contributed by atoms with Crippen LogP contribution in [0.15, 0.2) is 36.4 Å². The number of likely N-dealkylation sites (tertiary alicyclic amines) is 1. The molecule has 5 heteroatoms. The van der Waals surface area contributed by atoms with Crippen molar-refractivity contribution in [2.45, 2.75) is 32.7 Å². The third kappa shape index (κ3) is 4.18. The summed E-state index contributed by atoms with van der Waals surface area (Å²) in [6.07, 6.45) is 1.86. The van der Waals surface area contributed by atoms with Gasteiger partial charge in [0.1, 0.15) is 17.2 Å². The van der Waals surface area contributed by atoms with Crippen molar-refractivity contribution < 1.29 is 19.0 Å². The van der Waals surface area contributed by atoms with E-state index >= 15 is 0 Å². The minimum absolute atomic E-state index is 0.0117. The van der Waals surface area contributed by atoms with Gasteiger partial charge in [-0.2, -0.15) is 0 Å². The molecular weight excluding hydrogens is 342 g/mol. The lowest BCUT2D eigenvalue weighted by atomic mass is 10.0. The van der Waals surface area contributed by atoms with Gasteiger partial charge < -0.3 is 19.1 Å². The molecule has 0 aliphatic carbocycles. The summed E-state index contributed by atoms with van der Waals surface area (Å²) >= 11 is 0. The number of benzene rings is 2. The Kier molecular flexibility index (Phi) is 5.89. The van der Waals surface area contributed by atoms with Crippen LogP contribution in [0.2, 0.25) is 0 Å². The van der Waals surface area contributed by atoms with Crippen LogP contribution in [0, 0.1) is 13.8 Å². The number of ether oxygens (including phenoxy) is 3. The first-order valence-corrected chi connectivity index (χ1v) is 9.25. The highest BCUT2D eigenvalue weighted by atomic mass is 16.5. The lowest BCUT2D eigenvalue weighted by Crippen LogP contribution is -2.34. The molecule has 2 aromatic rings. The van der Waals surface area contributed by atoms with Crippen LogP contribution in [0.4, 0.5) is 0 Å². The van der Waals surface area contributed by atoms with Crippen molar-refractivity contribution in [1.29, 1.82) is 0 Å². The average molecular weight is 369 g/mol. The van der Waals surface area contributed by atoms with Crippen molar-refractivity contribution in [1.82, 2.24) is 4.90 Å². The summed E-state index contributed by atoms with van der Waals surface area (Å²) in [5, 5.41) is 0. The molecule has 1 amide bonds. The Balaban J connectivity index is 1.75. The second-order valence-electron chi connectivity index (χ2n) is 6.91. The van der Waals surface area contributed by atoms with E-state index in [2.05, 4.69) is 6.07 Å². The van der Waals surface area contributed by atoms with Gasteiger partial charge in [-0.05, 0) is 56.5 Å². The first-order chi connectivity index (χ1) is 13.0. The zero-order valence-corrected chi connectivity index (χ0v) is 16.5. The molecule has 0 radical (unpaired) electrons. The van der Waals surface area contributed by atoms with E-state index in [1.165, 1.54) is 5.56 Å². The quantitative estimate of drug-likeness (QED) is 0.770. The van der Waals surface area contributed by atoms with E-state index in [1.807, 2.05) is 49.1 Å². The molecule has 1 atom stereocenters. The minimum Gasteiger partial charge on any atom is -0.497 e. The molecule has 0 spiro atoms. The third-order valence-corrected chi connectivity index (χ3v) is 5.05. The monoisotopic (exact) mass is 369 g/mol. The van der Waals surface area contributed by atoms with Crippen molar-refractivity contribution in [3.05, 3.63) is 53.1 Å². The number of amides is 1. The van der Waals surface area contributed by atoms with Crippen LogP contribution in [0.3, 0.4) is 0 Å². The zero-order chi connectivity index (χ0) is 19.4. The van der Waals surface area contributed by atoms with Crippen molar-refractivity contribution >= 4 is 5.91 Å². The summed E-state index contributed by atoms with van der Waals surface area (Å²) in [6, 6.07) is 11.7. The van der Waals surface area contributed by atoms with Gasteiger partial charge in [0, 0.05) is 12.1 Å². The number of hydrogen-bond donors (Lipinski definition) is 0. The smallest absolute Gasteiger partial charge is 0.261 e. The van der Waals surface area contributed by atoms with Gasteiger partial charge in [-0.1, -0.05) is 17.7 Å². The van der Waals surface area contributed by atoms with Crippen LogP contribution >= 0.6 is 0 Å². The van der Waals surface area contributed by atoms with Crippen LogP contribution in [0.1, 0.15) is 35.6 Å². The van der Waals surface area contributed by atoms with Crippen molar-refractivity contribution in [3.63, 3.8) is 0 Å². The number of carbonyl (C=O) groups excluding carboxylic acids is 1. The van der Waals surface area contributed by atoms with Crippen LogP contribution < -0.4 is 14.2 Å². The standard InChI is InChI=1S/C22H27NO4/c1-15-7-9-20(16(2)12-15)27-14-22(24)23-11-5-6-19(23)18-13-17(25-3)8-10-21(18)26-4/h7-10,12-13,19H,5-6,11,14H2,1-4H3. The zero-order valence-electron chi connectivity index (χ0n) is 16.5. The van der Waals surface area contributed by atoms with Crippen LogP contribution in [0.5, 0.6) is 17.2 Å². The molecule has 27 heavy (non-hydrogen) atoms. The Morgan fingerprint density at radius 3 is 2.56 bits per heavy atom. The summed E-state index contributed by atoms with van der Waals surface area (Å²) in [6.45, 7) is 4.79. The molecule has 1 saturated heterocycles. The largest absolute Gasteiger partial charge is 0.497 e. The Morgan fingerprint density at radius 2 is 1.85 bits per heavy atom. The molecule has 1 heterocycles. The first-order valence-electron chi connectivity index (χ1n) is 9.25. The molecule has 0 bridgehead atoms.